The molecule has 11 heteroatoms. The molecule has 2 aromatic rings. The Morgan fingerprint density at radius 3 is 2.58 bits per heavy atom. The molecule has 1 saturated heterocycles. The molecular formula is C32H40ClFN2O6Si. The number of carbonyl (C=O) groups is 3. The number of methoxy groups -OCH3 is 1. The number of anilines is 1. The first-order chi connectivity index (χ1) is 20.4. The van der Waals surface area contributed by atoms with Crippen LogP contribution in [0.2, 0.25) is 23.7 Å². The number of aliphatic hydroxyl groups excluding tert-OH is 1. The number of halogens is 2. The van der Waals surface area contributed by atoms with Crippen molar-refractivity contribution >= 4 is 43.5 Å². The standard InChI is InChI=1S/C32H40ClFN2O6Si/c1-20-30(43(3,4)34)27(17-28(38)36-18-22-10-6-5-9-21(22)15-24(36)19-37)42-32(20)25-16-23(33)12-13-26(25)35(31(32)40)14-8-7-11-29(39)41-2/h5-6,9-10,12-13,16,20,24,27,30,37H,7-8,11,14-15,17-19H2,1-4H3/t20-,24+,27+,30-,32+/m1/s1. The third kappa shape index (κ3) is 5.74. The number of ether oxygens (including phenoxy) is 2. The number of aliphatic hydroxyl groups is 1. The fourth-order valence-electron chi connectivity index (χ4n) is 7.41. The molecule has 3 aliphatic heterocycles. The zero-order valence-electron chi connectivity index (χ0n) is 25.1. The molecule has 2 amide bonds. The maximum atomic E-state index is 16.2. The molecule has 232 valence electrons. The topological polar surface area (TPSA) is 96.4 Å². The third-order valence-corrected chi connectivity index (χ3v) is 12.1. The average molecular weight is 631 g/mol. The van der Waals surface area contributed by atoms with Gasteiger partial charge in [-0.25, -0.2) is 0 Å². The highest BCUT2D eigenvalue weighted by Gasteiger charge is 2.67. The van der Waals surface area contributed by atoms with Gasteiger partial charge in [-0.3, -0.25) is 14.4 Å². The van der Waals surface area contributed by atoms with E-state index in [1.54, 1.807) is 41.1 Å². The van der Waals surface area contributed by atoms with Gasteiger partial charge >= 0.3 is 5.97 Å². The summed E-state index contributed by atoms with van der Waals surface area (Å²) in [5, 5.41) is 10.6. The molecule has 1 fully saturated rings. The van der Waals surface area contributed by atoms with E-state index in [1.807, 2.05) is 31.2 Å². The molecule has 0 saturated carbocycles. The van der Waals surface area contributed by atoms with Crippen molar-refractivity contribution in [3.05, 3.63) is 64.2 Å². The van der Waals surface area contributed by atoms with Crippen molar-refractivity contribution in [2.45, 2.75) is 82.0 Å². The molecule has 8 nitrogen and oxygen atoms in total. The molecule has 0 radical (unpaired) electrons. The fraction of sp³-hybridized carbons (Fsp3) is 0.531. The second-order valence-electron chi connectivity index (χ2n) is 12.5. The van der Waals surface area contributed by atoms with E-state index < -0.39 is 37.6 Å². The van der Waals surface area contributed by atoms with Gasteiger partial charge in [0.1, 0.15) is 0 Å². The van der Waals surface area contributed by atoms with Gasteiger partial charge < -0.3 is 28.5 Å². The van der Waals surface area contributed by atoms with Gasteiger partial charge in [0.15, 0.2) is 5.60 Å². The van der Waals surface area contributed by atoms with Crippen LogP contribution in [0.3, 0.4) is 0 Å². The zero-order chi connectivity index (χ0) is 31.1. The number of carbonyl (C=O) groups excluding carboxylic acids is 3. The van der Waals surface area contributed by atoms with E-state index in [0.29, 0.717) is 48.6 Å². The van der Waals surface area contributed by atoms with Gasteiger partial charge in [-0.1, -0.05) is 42.8 Å². The number of benzene rings is 2. The van der Waals surface area contributed by atoms with Crippen molar-refractivity contribution in [1.82, 2.24) is 4.90 Å². The molecule has 0 aliphatic carbocycles. The van der Waals surface area contributed by atoms with E-state index in [0.717, 1.165) is 11.1 Å². The van der Waals surface area contributed by atoms with E-state index in [9.17, 15) is 19.5 Å². The molecule has 3 heterocycles. The minimum Gasteiger partial charge on any atom is -0.469 e. The van der Waals surface area contributed by atoms with Crippen molar-refractivity contribution < 1.29 is 33.1 Å². The predicted octanol–water partition coefficient (Wildman–Crippen LogP) is 5.14. The lowest BCUT2D eigenvalue weighted by Gasteiger charge is -2.37. The summed E-state index contributed by atoms with van der Waals surface area (Å²) in [6.45, 7) is 5.56. The minimum absolute atomic E-state index is 0.0991. The Morgan fingerprint density at radius 1 is 1.19 bits per heavy atom. The zero-order valence-corrected chi connectivity index (χ0v) is 26.9. The highest BCUT2D eigenvalue weighted by atomic mass is 35.5. The molecule has 3 aliphatic rings. The maximum Gasteiger partial charge on any atom is 0.305 e. The van der Waals surface area contributed by atoms with Crippen molar-refractivity contribution in [3.8, 4) is 0 Å². The van der Waals surface area contributed by atoms with E-state index in [1.165, 1.54) is 7.11 Å². The quantitative estimate of drug-likeness (QED) is 0.178. The van der Waals surface area contributed by atoms with E-state index in [-0.39, 0.29) is 37.2 Å². The molecule has 0 bridgehead atoms. The van der Waals surface area contributed by atoms with Crippen LogP contribution < -0.4 is 4.90 Å². The number of hydrogen-bond donors (Lipinski definition) is 1. The lowest BCUT2D eigenvalue weighted by atomic mass is 9.82. The summed E-state index contributed by atoms with van der Waals surface area (Å²) < 4.78 is 27.6. The van der Waals surface area contributed by atoms with E-state index in [2.05, 4.69) is 0 Å². The number of fused-ring (bicyclic) bond motifs is 3. The molecule has 0 aromatic heterocycles. The van der Waals surface area contributed by atoms with Crippen LogP contribution in [0, 0.1) is 5.92 Å². The number of amides is 2. The maximum absolute atomic E-state index is 16.2. The van der Waals surface area contributed by atoms with Gasteiger partial charge in [0.25, 0.3) is 5.91 Å². The largest absolute Gasteiger partial charge is 0.469 e. The first-order valence-electron chi connectivity index (χ1n) is 14.9. The monoisotopic (exact) mass is 630 g/mol. The molecule has 5 atom stereocenters. The van der Waals surface area contributed by atoms with Gasteiger partial charge in [-0.15, -0.1) is 0 Å². The lowest BCUT2D eigenvalue weighted by molar-refractivity contribution is -0.151. The van der Waals surface area contributed by atoms with Crippen LogP contribution in [0.15, 0.2) is 42.5 Å². The summed E-state index contributed by atoms with van der Waals surface area (Å²) in [5.41, 5.74) is 1.23. The summed E-state index contributed by atoms with van der Waals surface area (Å²) >= 11 is 6.44. The van der Waals surface area contributed by atoms with Crippen LogP contribution in [0.5, 0.6) is 0 Å². The number of unbranched alkanes of at least 4 members (excludes halogenated alkanes) is 1. The average Bonchev–Trinajstić information content (AvgIpc) is 3.40. The highest BCUT2D eigenvalue weighted by Crippen LogP contribution is 2.60. The second kappa shape index (κ2) is 12.3. The van der Waals surface area contributed by atoms with Crippen LogP contribution in [0.25, 0.3) is 0 Å². The normalized spacial score (nSPS) is 26.5. The Kier molecular flexibility index (Phi) is 9.05. The highest BCUT2D eigenvalue weighted by molar-refractivity contribution is 6.72. The molecule has 0 unspecified atom stereocenters. The number of hydrogen-bond acceptors (Lipinski definition) is 6. The van der Waals surface area contributed by atoms with Crippen LogP contribution in [-0.4, -0.2) is 68.6 Å². The molecule has 2 aromatic carbocycles. The smallest absolute Gasteiger partial charge is 0.305 e. The van der Waals surface area contributed by atoms with Crippen LogP contribution in [0.4, 0.5) is 9.80 Å². The predicted molar refractivity (Wildman–Crippen MR) is 164 cm³/mol. The molecule has 43 heavy (non-hydrogen) atoms. The molecule has 5 rings (SSSR count). The summed E-state index contributed by atoms with van der Waals surface area (Å²) in [6.07, 6.45) is 0.942. The van der Waals surface area contributed by atoms with Crippen LogP contribution in [-0.2, 0) is 42.4 Å². The minimum atomic E-state index is -3.48. The third-order valence-electron chi connectivity index (χ3n) is 9.43. The Bertz CT molecular complexity index is 1400. The summed E-state index contributed by atoms with van der Waals surface area (Å²) in [4.78, 5) is 43.2. The number of esters is 1. The van der Waals surface area contributed by atoms with Crippen molar-refractivity contribution in [2.75, 3.05) is 25.2 Å². The van der Waals surface area contributed by atoms with E-state index in [4.69, 9.17) is 21.1 Å². The van der Waals surface area contributed by atoms with Crippen LogP contribution in [0.1, 0.15) is 49.3 Å². The number of rotatable bonds is 9. The van der Waals surface area contributed by atoms with Crippen molar-refractivity contribution in [3.63, 3.8) is 0 Å². The Labute approximate surface area is 258 Å². The SMILES string of the molecule is COC(=O)CCCCN1C(=O)[C@@]2(O[C@@H](CC(=O)N3Cc4ccccc4C[C@H]3CO)[C@H]([Si](C)(C)F)[C@H]2C)c2cc(Cl)ccc21. The van der Waals surface area contributed by atoms with Gasteiger partial charge in [0.05, 0.1) is 38.0 Å². The van der Waals surface area contributed by atoms with Gasteiger partial charge in [0, 0.05) is 41.6 Å². The molecule has 1 N–H and O–H groups in total. The first-order valence-corrected chi connectivity index (χ1v) is 18.3. The van der Waals surface area contributed by atoms with Crippen molar-refractivity contribution in [1.29, 1.82) is 0 Å². The fourth-order valence-corrected chi connectivity index (χ4v) is 10.1. The second-order valence-corrected chi connectivity index (χ2v) is 16.7. The summed E-state index contributed by atoms with van der Waals surface area (Å²) in [5.74, 6) is -1.40. The van der Waals surface area contributed by atoms with Gasteiger partial charge in [0.2, 0.25) is 14.3 Å². The van der Waals surface area contributed by atoms with Crippen molar-refractivity contribution in [2.24, 2.45) is 5.92 Å². The van der Waals surface area contributed by atoms with Crippen LogP contribution >= 0.6 is 11.6 Å². The summed E-state index contributed by atoms with van der Waals surface area (Å²) in [6, 6.07) is 12.7. The van der Waals surface area contributed by atoms with Gasteiger partial charge in [-0.2, -0.15) is 0 Å². The van der Waals surface area contributed by atoms with E-state index >= 15 is 4.11 Å². The lowest BCUT2D eigenvalue weighted by Crippen LogP contribution is -2.48. The Balaban J connectivity index is 1.45. The number of nitrogens with zero attached hydrogens (tertiary/aromatic N) is 2. The molecule has 1 spiro atoms. The molecular weight excluding hydrogens is 591 g/mol. The summed E-state index contributed by atoms with van der Waals surface area (Å²) in [7, 11) is -2.13. The first kappa shape index (κ1) is 31.6. The van der Waals surface area contributed by atoms with Gasteiger partial charge in [-0.05, 0) is 61.7 Å². The Morgan fingerprint density at radius 2 is 1.91 bits per heavy atom. The Hall–Kier alpha value is -2.79.